The maximum Gasteiger partial charge on any atom is 0.0663 e. The van der Waals surface area contributed by atoms with E-state index in [0.717, 1.165) is 18.7 Å². The van der Waals surface area contributed by atoms with E-state index >= 15 is 0 Å². The quantitative estimate of drug-likeness (QED) is 0.780. The SMILES string of the molecule is CCC(COC)Nc1ccncc1C. The molecule has 3 heteroatoms. The van der Waals surface area contributed by atoms with Crippen LogP contribution in [0.3, 0.4) is 0 Å². The topological polar surface area (TPSA) is 34.1 Å². The number of nitrogens with zero attached hydrogens (tertiary/aromatic N) is 1. The molecule has 0 fully saturated rings. The van der Waals surface area contributed by atoms with E-state index in [1.54, 1.807) is 13.3 Å². The largest absolute Gasteiger partial charge is 0.383 e. The lowest BCUT2D eigenvalue weighted by Gasteiger charge is -2.18. The van der Waals surface area contributed by atoms with E-state index in [9.17, 15) is 0 Å². The summed E-state index contributed by atoms with van der Waals surface area (Å²) >= 11 is 0. The fourth-order valence-electron chi connectivity index (χ4n) is 1.32. The minimum absolute atomic E-state index is 0.376. The summed E-state index contributed by atoms with van der Waals surface area (Å²) in [6, 6.07) is 2.37. The number of anilines is 1. The molecule has 1 N–H and O–H groups in total. The Morgan fingerprint density at radius 3 is 2.93 bits per heavy atom. The summed E-state index contributed by atoms with van der Waals surface area (Å²) in [6.07, 6.45) is 4.71. The van der Waals surface area contributed by atoms with Gasteiger partial charge in [0.05, 0.1) is 6.61 Å². The van der Waals surface area contributed by atoms with Crippen molar-refractivity contribution >= 4 is 5.69 Å². The van der Waals surface area contributed by atoms with Crippen molar-refractivity contribution in [3.05, 3.63) is 24.0 Å². The zero-order valence-corrected chi connectivity index (χ0v) is 9.08. The number of pyridine rings is 1. The summed E-state index contributed by atoms with van der Waals surface area (Å²) in [5, 5.41) is 3.43. The minimum atomic E-state index is 0.376. The summed E-state index contributed by atoms with van der Waals surface area (Å²) < 4.78 is 5.13. The van der Waals surface area contributed by atoms with E-state index in [0.29, 0.717) is 6.04 Å². The lowest BCUT2D eigenvalue weighted by molar-refractivity contribution is 0.184. The van der Waals surface area contributed by atoms with Crippen LogP contribution >= 0.6 is 0 Å². The molecule has 1 atom stereocenters. The van der Waals surface area contributed by atoms with Crippen LogP contribution in [-0.2, 0) is 4.74 Å². The lowest BCUT2D eigenvalue weighted by Crippen LogP contribution is -2.24. The van der Waals surface area contributed by atoms with Gasteiger partial charge < -0.3 is 10.1 Å². The van der Waals surface area contributed by atoms with Gasteiger partial charge >= 0.3 is 0 Å². The van der Waals surface area contributed by atoms with Crippen LogP contribution in [0.1, 0.15) is 18.9 Å². The molecule has 0 saturated carbocycles. The Bertz CT molecular complexity index is 276. The standard InChI is InChI=1S/C11H18N2O/c1-4-10(8-14-3)13-11-5-6-12-7-9(11)2/h5-7,10H,4,8H2,1-3H3,(H,12,13). The normalized spacial score (nSPS) is 12.5. The Labute approximate surface area is 85.5 Å². The molecule has 0 radical (unpaired) electrons. The summed E-state index contributed by atoms with van der Waals surface area (Å²) in [4.78, 5) is 4.05. The number of methoxy groups -OCH3 is 1. The van der Waals surface area contributed by atoms with Gasteiger partial charge in [-0.15, -0.1) is 0 Å². The van der Waals surface area contributed by atoms with Gasteiger partial charge in [0.1, 0.15) is 0 Å². The molecule has 0 aliphatic carbocycles. The van der Waals surface area contributed by atoms with Crippen LogP contribution in [0.25, 0.3) is 0 Å². The molecule has 0 bridgehead atoms. The third-order valence-corrected chi connectivity index (χ3v) is 2.24. The van der Waals surface area contributed by atoms with Crippen molar-refractivity contribution in [2.75, 3.05) is 19.0 Å². The van der Waals surface area contributed by atoms with E-state index < -0.39 is 0 Å². The van der Waals surface area contributed by atoms with Gasteiger partial charge in [0, 0.05) is 31.2 Å². The Morgan fingerprint density at radius 1 is 1.57 bits per heavy atom. The first-order valence-electron chi connectivity index (χ1n) is 4.94. The number of aromatic nitrogens is 1. The summed E-state index contributed by atoms with van der Waals surface area (Å²) in [5.41, 5.74) is 2.31. The van der Waals surface area contributed by atoms with Gasteiger partial charge in [-0.3, -0.25) is 4.98 Å². The van der Waals surface area contributed by atoms with Crippen LogP contribution in [0.5, 0.6) is 0 Å². The highest BCUT2D eigenvalue weighted by atomic mass is 16.5. The molecule has 1 unspecified atom stereocenters. The monoisotopic (exact) mass is 194 g/mol. The highest BCUT2D eigenvalue weighted by Crippen LogP contribution is 2.13. The molecule has 1 aromatic heterocycles. The predicted octanol–water partition coefficient (Wildman–Crippen LogP) is 2.23. The summed E-state index contributed by atoms with van der Waals surface area (Å²) in [7, 11) is 1.73. The third-order valence-electron chi connectivity index (χ3n) is 2.24. The average Bonchev–Trinajstić information content (AvgIpc) is 2.20. The Hall–Kier alpha value is -1.09. The number of ether oxygens (including phenoxy) is 1. The number of hydrogen-bond acceptors (Lipinski definition) is 3. The highest BCUT2D eigenvalue weighted by molar-refractivity contribution is 5.49. The Kier molecular flexibility index (Phi) is 4.40. The van der Waals surface area contributed by atoms with Gasteiger partial charge in [0.2, 0.25) is 0 Å². The van der Waals surface area contributed by atoms with Gasteiger partial charge in [-0.1, -0.05) is 6.92 Å². The number of nitrogens with one attached hydrogen (secondary N) is 1. The summed E-state index contributed by atoms with van der Waals surface area (Å²) in [6.45, 7) is 4.93. The molecular formula is C11H18N2O. The maximum absolute atomic E-state index is 5.13. The highest BCUT2D eigenvalue weighted by Gasteiger charge is 2.06. The van der Waals surface area contributed by atoms with Crippen molar-refractivity contribution in [2.45, 2.75) is 26.3 Å². The Morgan fingerprint density at radius 2 is 2.36 bits per heavy atom. The second kappa shape index (κ2) is 5.60. The minimum Gasteiger partial charge on any atom is -0.383 e. The van der Waals surface area contributed by atoms with Crippen LogP contribution in [0.15, 0.2) is 18.5 Å². The molecule has 1 rings (SSSR count). The van der Waals surface area contributed by atoms with Crippen molar-refractivity contribution in [1.29, 1.82) is 0 Å². The van der Waals surface area contributed by atoms with Crippen LogP contribution in [0.2, 0.25) is 0 Å². The number of rotatable bonds is 5. The fraction of sp³-hybridized carbons (Fsp3) is 0.545. The molecule has 0 spiro atoms. The molecule has 0 aromatic carbocycles. The van der Waals surface area contributed by atoms with E-state index in [2.05, 4.69) is 24.1 Å². The zero-order valence-electron chi connectivity index (χ0n) is 9.08. The molecule has 0 aliphatic heterocycles. The molecule has 1 heterocycles. The lowest BCUT2D eigenvalue weighted by atomic mass is 10.2. The van der Waals surface area contributed by atoms with Crippen LogP contribution < -0.4 is 5.32 Å². The number of hydrogen-bond donors (Lipinski definition) is 1. The molecule has 3 nitrogen and oxygen atoms in total. The van der Waals surface area contributed by atoms with E-state index in [4.69, 9.17) is 4.74 Å². The van der Waals surface area contributed by atoms with Crippen LogP contribution in [-0.4, -0.2) is 24.7 Å². The zero-order chi connectivity index (χ0) is 10.4. The number of aryl methyl sites for hydroxylation is 1. The van der Waals surface area contributed by atoms with Gasteiger partial charge in [-0.05, 0) is 25.0 Å². The second-order valence-corrected chi connectivity index (χ2v) is 3.40. The second-order valence-electron chi connectivity index (χ2n) is 3.40. The van der Waals surface area contributed by atoms with Gasteiger partial charge in [-0.2, -0.15) is 0 Å². The first kappa shape index (κ1) is 11.0. The summed E-state index contributed by atoms with van der Waals surface area (Å²) in [5.74, 6) is 0. The van der Waals surface area contributed by atoms with Gasteiger partial charge in [0.25, 0.3) is 0 Å². The van der Waals surface area contributed by atoms with Crippen LogP contribution in [0, 0.1) is 6.92 Å². The molecule has 78 valence electrons. The third kappa shape index (κ3) is 3.00. The van der Waals surface area contributed by atoms with Gasteiger partial charge in [-0.25, -0.2) is 0 Å². The van der Waals surface area contributed by atoms with Crippen molar-refractivity contribution in [3.8, 4) is 0 Å². The molecular weight excluding hydrogens is 176 g/mol. The fourth-order valence-corrected chi connectivity index (χ4v) is 1.32. The van der Waals surface area contributed by atoms with E-state index in [1.165, 1.54) is 5.56 Å². The van der Waals surface area contributed by atoms with Gasteiger partial charge in [0.15, 0.2) is 0 Å². The first-order chi connectivity index (χ1) is 6.77. The van der Waals surface area contributed by atoms with E-state index in [-0.39, 0.29) is 0 Å². The smallest absolute Gasteiger partial charge is 0.0663 e. The van der Waals surface area contributed by atoms with Crippen molar-refractivity contribution < 1.29 is 4.74 Å². The molecule has 0 amide bonds. The maximum atomic E-state index is 5.13. The molecule has 14 heavy (non-hydrogen) atoms. The van der Waals surface area contributed by atoms with Crippen molar-refractivity contribution in [1.82, 2.24) is 4.98 Å². The average molecular weight is 194 g/mol. The van der Waals surface area contributed by atoms with Crippen molar-refractivity contribution in [2.24, 2.45) is 0 Å². The first-order valence-corrected chi connectivity index (χ1v) is 4.94. The van der Waals surface area contributed by atoms with E-state index in [1.807, 2.05) is 12.3 Å². The molecule has 0 saturated heterocycles. The molecule has 1 aromatic rings. The molecule has 0 aliphatic rings. The van der Waals surface area contributed by atoms with Crippen molar-refractivity contribution in [3.63, 3.8) is 0 Å². The van der Waals surface area contributed by atoms with Crippen LogP contribution in [0.4, 0.5) is 5.69 Å². The predicted molar refractivity (Wildman–Crippen MR) is 58.6 cm³/mol. The Balaban J connectivity index is 2.62.